The van der Waals surface area contributed by atoms with Crippen molar-refractivity contribution in [3.8, 4) is 0 Å². The lowest BCUT2D eigenvalue weighted by Gasteiger charge is -2.22. The summed E-state index contributed by atoms with van der Waals surface area (Å²) in [6.45, 7) is 6.81. The zero-order chi connectivity index (χ0) is 8.48. The summed E-state index contributed by atoms with van der Waals surface area (Å²) in [6, 6.07) is 0. The predicted molar refractivity (Wildman–Crippen MR) is 44.0 cm³/mol. The van der Waals surface area contributed by atoms with Gasteiger partial charge in [-0.1, -0.05) is 26.0 Å². The first-order chi connectivity index (χ1) is 5.08. The monoisotopic (exact) mass is 156 g/mol. The van der Waals surface area contributed by atoms with E-state index in [0.29, 0.717) is 6.61 Å². The van der Waals surface area contributed by atoms with E-state index in [2.05, 4.69) is 13.8 Å². The van der Waals surface area contributed by atoms with Crippen LogP contribution in [0.2, 0.25) is 0 Å². The third-order valence-corrected chi connectivity index (χ3v) is 2.24. The Labute approximate surface area is 67.9 Å². The molecule has 0 bridgehead atoms. The maximum Gasteiger partial charge on any atom is 0.161 e. The first-order valence-corrected chi connectivity index (χ1v) is 4.00. The van der Waals surface area contributed by atoms with E-state index >= 15 is 0 Å². The summed E-state index contributed by atoms with van der Waals surface area (Å²) < 4.78 is 5.14. The number of hydrogen-bond donors (Lipinski definition) is 1. The third-order valence-electron chi connectivity index (χ3n) is 2.24. The van der Waals surface area contributed by atoms with Gasteiger partial charge in [-0.2, -0.15) is 0 Å². The number of aliphatic hydroxyl groups is 1. The molecule has 0 saturated carbocycles. The highest BCUT2D eigenvalue weighted by Crippen LogP contribution is 2.37. The normalized spacial score (nSPS) is 36.7. The molecule has 1 fully saturated rings. The van der Waals surface area contributed by atoms with Crippen LogP contribution in [0.5, 0.6) is 0 Å². The minimum Gasteiger partial charge on any atom is -0.367 e. The van der Waals surface area contributed by atoms with Crippen LogP contribution in [-0.4, -0.2) is 18.0 Å². The van der Waals surface area contributed by atoms with Gasteiger partial charge in [0.2, 0.25) is 0 Å². The molecule has 2 nitrogen and oxygen atoms in total. The van der Waals surface area contributed by atoms with Crippen LogP contribution in [0.1, 0.15) is 20.8 Å². The molecule has 1 N–H and O–H groups in total. The van der Waals surface area contributed by atoms with Gasteiger partial charge in [-0.05, 0) is 12.3 Å². The molecule has 1 heterocycles. The fourth-order valence-electron chi connectivity index (χ4n) is 1.45. The van der Waals surface area contributed by atoms with Crippen LogP contribution in [0.4, 0.5) is 0 Å². The fourth-order valence-corrected chi connectivity index (χ4v) is 1.45. The lowest BCUT2D eigenvalue weighted by atomic mass is 9.81. The molecule has 0 aromatic carbocycles. The van der Waals surface area contributed by atoms with Crippen LogP contribution in [-0.2, 0) is 4.74 Å². The highest BCUT2D eigenvalue weighted by Gasteiger charge is 2.40. The maximum atomic E-state index is 9.38. The van der Waals surface area contributed by atoms with Gasteiger partial charge in [0.15, 0.2) is 6.29 Å². The van der Waals surface area contributed by atoms with Gasteiger partial charge in [0.05, 0.1) is 6.61 Å². The Morgan fingerprint density at radius 1 is 1.55 bits per heavy atom. The molecule has 1 rings (SSSR count). The second-order valence-corrected chi connectivity index (χ2v) is 3.74. The van der Waals surface area contributed by atoms with Crippen LogP contribution in [0.15, 0.2) is 12.2 Å². The van der Waals surface area contributed by atoms with Crippen molar-refractivity contribution in [1.82, 2.24) is 0 Å². The number of aliphatic hydroxyl groups excluding tert-OH is 1. The van der Waals surface area contributed by atoms with E-state index in [0.717, 1.165) is 0 Å². The molecular formula is C9H16O2. The summed E-state index contributed by atoms with van der Waals surface area (Å²) >= 11 is 0. The molecule has 64 valence electrons. The first kappa shape index (κ1) is 8.75. The summed E-state index contributed by atoms with van der Waals surface area (Å²) in [5, 5.41) is 9.38. The van der Waals surface area contributed by atoms with Crippen molar-refractivity contribution in [3.63, 3.8) is 0 Å². The molecule has 0 aromatic rings. The van der Waals surface area contributed by atoms with E-state index in [1.807, 2.05) is 19.1 Å². The minimum atomic E-state index is -0.610. The molecular weight excluding hydrogens is 140 g/mol. The van der Waals surface area contributed by atoms with E-state index in [1.165, 1.54) is 0 Å². The molecule has 1 aliphatic heterocycles. The number of allylic oxidation sites excluding steroid dienone is 1. The highest BCUT2D eigenvalue weighted by molar-refractivity contribution is 4.98. The average Bonchev–Trinajstić information content (AvgIpc) is 2.16. The molecule has 2 heteroatoms. The van der Waals surface area contributed by atoms with Gasteiger partial charge in [0, 0.05) is 5.92 Å². The van der Waals surface area contributed by atoms with Crippen molar-refractivity contribution in [2.45, 2.75) is 27.1 Å². The zero-order valence-corrected chi connectivity index (χ0v) is 7.37. The highest BCUT2D eigenvalue weighted by atomic mass is 16.6. The summed E-state index contributed by atoms with van der Waals surface area (Å²) in [5.41, 5.74) is 0.0753. The molecule has 0 aromatic heterocycles. The van der Waals surface area contributed by atoms with E-state index in [-0.39, 0.29) is 11.3 Å². The molecule has 0 amide bonds. The minimum absolute atomic E-state index is 0.0753. The van der Waals surface area contributed by atoms with Crippen LogP contribution >= 0.6 is 0 Å². The number of ether oxygens (including phenoxy) is 1. The Bertz CT molecular complexity index is 161. The number of rotatable bonds is 1. The van der Waals surface area contributed by atoms with Gasteiger partial charge in [-0.15, -0.1) is 0 Å². The molecule has 1 aliphatic rings. The Hall–Kier alpha value is -0.340. The van der Waals surface area contributed by atoms with Crippen molar-refractivity contribution in [3.05, 3.63) is 12.2 Å². The fraction of sp³-hybridized carbons (Fsp3) is 0.778. The molecule has 0 aliphatic carbocycles. The topological polar surface area (TPSA) is 29.5 Å². The Kier molecular flexibility index (Phi) is 2.35. The van der Waals surface area contributed by atoms with E-state index < -0.39 is 6.29 Å². The predicted octanol–water partition coefficient (Wildman–Crippen LogP) is 1.55. The van der Waals surface area contributed by atoms with Crippen molar-refractivity contribution >= 4 is 0 Å². The first-order valence-electron chi connectivity index (χ1n) is 4.00. The van der Waals surface area contributed by atoms with Gasteiger partial charge in [-0.25, -0.2) is 0 Å². The Morgan fingerprint density at radius 3 is 2.55 bits per heavy atom. The second-order valence-electron chi connectivity index (χ2n) is 3.74. The van der Waals surface area contributed by atoms with E-state index in [9.17, 15) is 5.11 Å². The standard InChI is InChI=1S/C9H16O2/c1-4-5-7-8(10)11-6-9(7,2)3/h4-5,7-8,10H,6H2,1-3H3/b5-4+/t7-,8+/m1/s1. The summed E-state index contributed by atoms with van der Waals surface area (Å²) in [4.78, 5) is 0. The summed E-state index contributed by atoms with van der Waals surface area (Å²) in [7, 11) is 0. The zero-order valence-electron chi connectivity index (χ0n) is 7.37. The van der Waals surface area contributed by atoms with Gasteiger partial charge in [0.1, 0.15) is 0 Å². The SMILES string of the molecule is C/C=C/[C@@H]1[C@@H](O)OCC1(C)C. The van der Waals surface area contributed by atoms with Crippen molar-refractivity contribution in [2.75, 3.05) is 6.61 Å². The van der Waals surface area contributed by atoms with Gasteiger partial charge >= 0.3 is 0 Å². The summed E-state index contributed by atoms with van der Waals surface area (Å²) in [5.74, 6) is 0.146. The second kappa shape index (κ2) is 2.95. The van der Waals surface area contributed by atoms with Gasteiger partial charge in [-0.3, -0.25) is 0 Å². The Balaban J connectivity index is 2.72. The average molecular weight is 156 g/mol. The largest absolute Gasteiger partial charge is 0.367 e. The lowest BCUT2D eigenvalue weighted by molar-refractivity contribution is -0.0735. The molecule has 0 radical (unpaired) electrons. The van der Waals surface area contributed by atoms with Crippen LogP contribution < -0.4 is 0 Å². The molecule has 11 heavy (non-hydrogen) atoms. The van der Waals surface area contributed by atoms with Crippen molar-refractivity contribution in [2.24, 2.45) is 11.3 Å². The van der Waals surface area contributed by atoms with E-state index in [4.69, 9.17) is 4.74 Å². The van der Waals surface area contributed by atoms with Crippen molar-refractivity contribution in [1.29, 1.82) is 0 Å². The quantitative estimate of drug-likeness (QED) is 0.584. The van der Waals surface area contributed by atoms with Crippen LogP contribution in [0, 0.1) is 11.3 Å². The smallest absolute Gasteiger partial charge is 0.161 e. The van der Waals surface area contributed by atoms with Crippen LogP contribution in [0.25, 0.3) is 0 Å². The molecule has 1 saturated heterocycles. The maximum absolute atomic E-state index is 9.38. The van der Waals surface area contributed by atoms with Gasteiger partial charge in [0.25, 0.3) is 0 Å². The van der Waals surface area contributed by atoms with Gasteiger partial charge < -0.3 is 9.84 Å². The molecule has 0 unspecified atom stereocenters. The molecule has 0 spiro atoms. The molecule has 2 atom stereocenters. The van der Waals surface area contributed by atoms with Crippen LogP contribution in [0.3, 0.4) is 0 Å². The Morgan fingerprint density at radius 2 is 2.18 bits per heavy atom. The van der Waals surface area contributed by atoms with Crippen molar-refractivity contribution < 1.29 is 9.84 Å². The third kappa shape index (κ3) is 1.63. The summed E-state index contributed by atoms with van der Waals surface area (Å²) in [6.07, 6.45) is 3.36. The lowest BCUT2D eigenvalue weighted by Crippen LogP contribution is -2.24. The number of hydrogen-bond acceptors (Lipinski definition) is 2. The van der Waals surface area contributed by atoms with E-state index in [1.54, 1.807) is 0 Å².